The summed E-state index contributed by atoms with van der Waals surface area (Å²) in [6.45, 7) is 6.84. The summed E-state index contributed by atoms with van der Waals surface area (Å²) in [6, 6.07) is -2.46. The van der Waals surface area contributed by atoms with Gasteiger partial charge in [0.15, 0.2) is 0 Å². The molecule has 0 radical (unpaired) electrons. The van der Waals surface area contributed by atoms with Gasteiger partial charge in [-0.3, -0.25) is 19.2 Å². The Morgan fingerprint density at radius 3 is 2.07 bits per heavy atom. The largest absolute Gasteiger partial charge is 0.480 e. The molecule has 0 saturated heterocycles. The van der Waals surface area contributed by atoms with Crippen LogP contribution >= 0.6 is 11.8 Å². The summed E-state index contributed by atoms with van der Waals surface area (Å²) in [7, 11) is 0. The number of hydrogen-bond donors (Lipinski definition) is 5. The van der Waals surface area contributed by atoms with E-state index in [4.69, 9.17) is 10.8 Å². The number of carbonyl (C=O) groups is 4. The van der Waals surface area contributed by atoms with E-state index in [1.54, 1.807) is 13.8 Å². The lowest BCUT2D eigenvalue weighted by Gasteiger charge is -2.26. The first-order valence-corrected chi connectivity index (χ1v) is 10.7. The van der Waals surface area contributed by atoms with E-state index in [-0.39, 0.29) is 11.8 Å². The number of nitrogens with two attached hydrogens (primary N) is 1. The summed E-state index contributed by atoms with van der Waals surface area (Å²) < 4.78 is 0. The molecule has 3 unspecified atom stereocenters. The third kappa shape index (κ3) is 10.5. The van der Waals surface area contributed by atoms with Crippen LogP contribution in [-0.4, -0.2) is 65.5 Å². The van der Waals surface area contributed by atoms with Gasteiger partial charge >= 0.3 is 5.97 Å². The first-order chi connectivity index (χ1) is 13.0. The van der Waals surface area contributed by atoms with Gasteiger partial charge in [0, 0.05) is 0 Å². The molecular formula is C18H34N4O5S. The van der Waals surface area contributed by atoms with Gasteiger partial charge in [-0.05, 0) is 36.7 Å². The number of carbonyl (C=O) groups excluding carboxylic acids is 3. The molecule has 0 aromatic carbocycles. The second-order valence-electron chi connectivity index (χ2n) is 7.42. The lowest BCUT2D eigenvalue weighted by molar-refractivity contribution is -0.139. The van der Waals surface area contributed by atoms with Crippen LogP contribution in [0.1, 0.15) is 40.5 Å². The van der Waals surface area contributed by atoms with Crippen LogP contribution in [0.2, 0.25) is 0 Å². The Morgan fingerprint density at radius 2 is 1.61 bits per heavy atom. The zero-order valence-electron chi connectivity index (χ0n) is 17.3. The molecular weight excluding hydrogens is 384 g/mol. The molecule has 0 aromatic heterocycles. The van der Waals surface area contributed by atoms with Gasteiger partial charge in [-0.1, -0.05) is 27.7 Å². The standard InChI is InChI=1S/C18H34N4O5S/c1-10(2)8-12(19)16(25)21-13(6-7-28-5)17(26)22-15(11(3)4)18(27)20-9-14(23)24/h10-13,15H,6-9,19H2,1-5H3,(H,20,27)(H,21,25)(H,22,26)(H,23,24). The van der Waals surface area contributed by atoms with Gasteiger partial charge in [-0.25, -0.2) is 0 Å². The summed E-state index contributed by atoms with van der Waals surface area (Å²) in [4.78, 5) is 47.9. The van der Waals surface area contributed by atoms with Crippen LogP contribution in [0.25, 0.3) is 0 Å². The first kappa shape index (κ1) is 26.2. The van der Waals surface area contributed by atoms with Crippen LogP contribution in [0.4, 0.5) is 0 Å². The maximum Gasteiger partial charge on any atom is 0.322 e. The van der Waals surface area contributed by atoms with Crippen molar-refractivity contribution in [2.24, 2.45) is 17.6 Å². The highest BCUT2D eigenvalue weighted by atomic mass is 32.2. The fourth-order valence-electron chi connectivity index (χ4n) is 2.46. The lowest BCUT2D eigenvalue weighted by Crippen LogP contribution is -2.57. The van der Waals surface area contributed by atoms with E-state index in [0.717, 1.165) is 0 Å². The Hall–Kier alpha value is -1.81. The fraction of sp³-hybridized carbons (Fsp3) is 0.778. The van der Waals surface area contributed by atoms with Crippen molar-refractivity contribution in [2.75, 3.05) is 18.6 Å². The van der Waals surface area contributed by atoms with E-state index in [1.165, 1.54) is 11.8 Å². The molecule has 9 nitrogen and oxygen atoms in total. The quantitative estimate of drug-likeness (QED) is 0.281. The second kappa shape index (κ2) is 13.4. The van der Waals surface area contributed by atoms with Crippen LogP contribution in [0.15, 0.2) is 0 Å². The van der Waals surface area contributed by atoms with E-state index in [0.29, 0.717) is 18.6 Å². The van der Waals surface area contributed by atoms with Gasteiger partial charge in [0.25, 0.3) is 0 Å². The molecule has 0 aliphatic rings. The van der Waals surface area contributed by atoms with Crippen molar-refractivity contribution in [3.05, 3.63) is 0 Å². The van der Waals surface area contributed by atoms with E-state index >= 15 is 0 Å². The van der Waals surface area contributed by atoms with E-state index in [2.05, 4.69) is 16.0 Å². The molecule has 0 rings (SSSR count). The third-order valence-corrected chi connectivity index (χ3v) is 4.61. The van der Waals surface area contributed by atoms with Crippen LogP contribution in [0.5, 0.6) is 0 Å². The Kier molecular flexibility index (Phi) is 12.5. The van der Waals surface area contributed by atoms with Crippen LogP contribution in [0, 0.1) is 11.8 Å². The minimum Gasteiger partial charge on any atom is -0.480 e. The molecule has 3 atom stereocenters. The van der Waals surface area contributed by atoms with Crippen LogP contribution in [-0.2, 0) is 19.2 Å². The highest BCUT2D eigenvalue weighted by Crippen LogP contribution is 2.07. The van der Waals surface area contributed by atoms with Gasteiger partial charge in [-0.2, -0.15) is 11.8 Å². The van der Waals surface area contributed by atoms with E-state index < -0.39 is 48.4 Å². The molecule has 10 heteroatoms. The summed E-state index contributed by atoms with van der Waals surface area (Å²) in [5.74, 6) is -2.06. The first-order valence-electron chi connectivity index (χ1n) is 9.34. The minimum atomic E-state index is -1.17. The second-order valence-corrected chi connectivity index (χ2v) is 8.41. The Balaban J connectivity index is 5.11. The van der Waals surface area contributed by atoms with Gasteiger partial charge in [-0.15, -0.1) is 0 Å². The number of thioether (sulfide) groups is 1. The summed E-state index contributed by atoms with van der Waals surface area (Å²) in [6.07, 6.45) is 2.77. The average Bonchev–Trinajstić information content (AvgIpc) is 2.59. The average molecular weight is 419 g/mol. The minimum absolute atomic E-state index is 0.238. The number of hydrogen-bond acceptors (Lipinski definition) is 6. The molecule has 6 N–H and O–H groups in total. The van der Waals surface area contributed by atoms with Gasteiger partial charge in [0.05, 0.1) is 6.04 Å². The van der Waals surface area contributed by atoms with Crippen molar-refractivity contribution in [2.45, 2.75) is 58.7 Å². The van der Waals surface area contributed by atoms with Gasteiger partial charge in [0.1, 0.15) is 18.6 Å². The molecule has 0 aromatic rings. The topological polar surface area (TPSA) is 151 Å². The van der Waals surface area contributed by atoms with Gasteiger partial charge < -0.3 is 26.8 Å². The zero-order valence-corrected chi connectivity index (χ0v) is 18.1. The number of nitrogens with one attached hydrogen (secondary N) is 3. The number of amides is 3. The monoisotopic (exact) mass is 418 g/mol. The Bertz CT molecular complexity index is 542. The maximum absolute atomic E-state index is 12.7. The highest BCUT2D eigenvalue weighted by Gasteiger charge is 2.29. The van der Waals surface area contributed by atoms with E-state index in [9.17, 15) is 19.2 Å². The maximum atomic E-state index is 12.7. The van der Waals surface area contributed by atoms with Gasteiger partial charge in [0.2, 0.25) is 17.7 Å². The SMILES string of the molecule is CSCCC(NC(=O)C(N)CC(C)C)C(=O)NC(C(=O)NCC(=O)O)C(C)C. The van der Waals surface area contributed by atoms with Crippen molar-refractivity contribution in [3.63, 3.8) is 0 Å². The Labute approximate surface area is 170 Å². The normalized spacial score (nSPS) is 14.3. The predicted molar refractivity (Wildman–Crippen MR) is 110 cm³/mol. The summed E-state index contributed by atoms with van der Waals surface area (Å²) in [5, 5.41) is 16.3. The third-order valence-electron chi connectivity index (χ3n) is 3.97. The number of carboxylic acid groups (broad SMARTS) is 1. The predicted octanol–water partition coefficient (Wildman–Crippen LogP) is -0.0607. The van der Waals surface area contributed by atoms with Crippen molar-refractivity contribution in [1.29, 1.82) is 0 Å². The van der Waals surface area contributed by atoms with Crippen LogP contribution < -0.4 is 21.7 Å². The molecule has 0 saturated carbocycles. The number of carboxylic acids is 1. The summed E-state index contributed by atoms with van der Waals surface area (Å²) in [5.41, 5.74) is 5.89. The molecule has 0 bridgehead atoms. The highest BCUT2D eigenvalue weighted by molar-refractivity contribution is 7.98. The fourth-order valence-corrected chi connectivity index (χ4v) is 2.93. The summed E-state index contributed by atoms with van der Waals surface area (Å²) >= 11 is 1.53. The molecule has 162 valence electrons. The molecule has 0 aliphatic carbocycles. The van der Waals surface area contributed by atoms with Crippen molar-refractivity contribution < 1.29 is 24.3 Å². The molecule has 0 aliphatic heterocycles. The van der Waals surface area contributed by atoms with Crippen molar-refractivity contribution in [1.82, 2.24) is 16.0 Å². The molecule has 0 fully saturated rings. The molecule has 28 heavy (non-hydrogen) atoms. The number of rotatable bonds is 13. The van der Waals surface area contributed by atoms with E-state index in [1.807, 2.05) is 20.1 Å². The zero-order chi connectivity index (χ0) is 21.9. The molecule has 0 heterocycles. The van der Waals surface area contributed by atoms with Crippen molar-refractivity contribution in [3.8, 4) is 0 Å². The smallest absolute Gasteiger partial charge is 0.322 e. The molecule has 0 spiro atoms. The van der Waals surface area contributed by atoms with Crippen molar-refractivity contribution >= 4 is 35.5 Å². The lowest BCUT2D eigenvalue weighted by atomic mass is 10.0. The molecule has 3 amide bonds. The van der Waals surface area contributed by atoms with Crippen LogP contribution in [0.3, 0.4) is 0 Å². The Morgan fingerprint density at radius 1 is 1.00 bits per heavy atom. The number of aliphatic carboxylic acids is 1.